The van der Waals surface area contributed by atoms with Crippen LogP contribution in [0.3, 0.4) is 0 Å². The molecule has 7 heavy (non-hydrogen) atoms. The molecular weight excluding hydrogens is 151 g/mol. The van der Waals surface area contributed by atoms with Gasteiger partial charge in [-0.05, 0) is 0 Å². The van der Waals surface area contributed by atoms with E-state index in [4.69, 9.17) is 13.3 Å². The van der Waals surface area contributed by atoms with Gasteiger partial charge in [0, 0.05) is 0 Å². The molecule has 44 valence electrons. The van der Waals surface area contributed by atoms with E-state index in [0.29, 0.717) is 0 Å². The van der Waals surface area contributed by atoms with Crippen molar-refractivity contribution in [2.24, 2.45) is 0 Å². The van der Waals surface area contributed by atoms with Crippen LogP contribution in [-0.4, -0.2) is 24.3 Å². The van der Waals surface area contributed by atoms with Gasteiger partial charge in [-0.25, -0.2) is 0 Å². The first-order valence-electron chi connectivity index (χ1n) is 0.532. The van der Waals surface area contributed by atoms with Gasteiger partial charge >= 0.3 is 51.4 Å². The van der Waals surface area contributed by atoms with Crippen LogP contribution in [0.15, 0.2) is 0 Å². The van der Waals surface area contributed by atoms with Crippen LogP contribution in [0.4, 0.5) is 0 Å². The van der Waals surface area contributed by atoms with E-state index in [1.807, 2.05) is 0 Å². The summed E-state index contributed by atoms with van der Waals surface area (Å²) in [4.78, 5) is 0. The minimum absolute atomic E-state index is 0. The van der Waals surface area contributed by atoms with Gasteiger partial charge < -0.3 is 12.4 Å². The van der Waals surface area contributed by atoms with Gasteiger partial charge in [-0.2, -0.15) is 4.21 Å². The fraction of sp³-hybridized carbons (Fsp3) is 0. The standard InChI is InChI=1S/K.H2O3S.2H2O.H/c;1-4(2)3;;;/h;(H2,1,2,3);2*1H2;/q+1;;;;-1. The Bertz CT molecular complexity index is 35.4. The normalized spacial score (nSPS) is 5.00. The maximum absolute atomic E-state index is 8.67. The van der Waals surface area contributed by atoms with Gasteiger partial charge in [0.1, 0.15) is 0 Å². The van der Waals surface area contributed by atoms with Crippen LogP contribution in [0.5, 0.6) is 0 Å². The molecule has 0 saturated heterocycles. The monoisotopic (exact) mass is 158 g/mol. The second-order valence-corrected chi connectivity index (χ2v) is 0.692. The van der Waals surface area contributed by atoms with Crippen LogP contribution in [0.25, 0.3) is 0 Å². The van der Waals surface area contributed by atoms with Gasteiger partial charge in [-0.3, -0.25) is 9.11 Å². The summed E-state index contributed by atoms with van der Waals surface area (Å²) in [7, 11) is 0. The first-order chi connectivity index (χ1) is 1.73. The topological polar surface area (TPSA) is 121 Å². The van der Waals surface area contributed by atoms with Crippen molar-refractivity contribution < 1.29 is 77.1 Å². The molecular formula is H7KO5S. The number of hydrogen-bond donors (Lipinski definition) is 2. The second kappa shape index (κ2) is 15.6. The molecule has 0 aliphatic heterocycles. The van der Waals surface area contributed by atoms with E-state index in [2.05, 4.69) is 0 Å². The molecule has 0 saturated carbocycles. The van der Waals surface area contributed by atoms with Crippen molar-refractivity contribution in [1.82, 2.24) is 0 Å². The number of hydrogen-bond acceptors (Lipinski definition) is 1. The van der Waals surface area contributed by atoms with Gasteiger partial charge in [0.25, 0.3) is 11.4 Å². The van der Waals surface area contributed by atoms with Crippen LogP contribution >= 0.6 is 0 Å². The Balaban J connectivity index is -0.00000000750. The minimum atomic E-state index is -2.61. The first-order valence-corrected chi connectivity index (χ1v) is 1.60. The largest absolute Gasteiger partial charge is 1.00 e. The minimum Gasteiger partial charge on any atom is -1.00 e. The summed E-state index contributed by atoms with van der Waals surface area (Å²) < 4.78 is 22.8. The molecule has 0 radical (unpaired) electrons. The maximum atomic E-state index is 8.67. The van der Waals surface area contributed by atoms with Gasteiger partial charge in [0.05, 0.1) is 0 Å². The maximum Gasteiger partial charge on any atom is 1.00 e. The van der Waals surface area contributed by atoms with Crippen molar-refractivity contribution >= 4 is 11.4 Å². The second-order valence-electron chi connectivity index (χ2n) is 0.231. The SMILES string of the molecule is O.O.O=S(O)O.[H-].[K+]. The molecule has 0 unspecified atom stereocenters. The molecule has 0 bridgehead atoms. The summed E-state index contributed by atoms with van der Waals surface area (Å²) in [6.07, 6.45) is 0. The molecule has 0 spiro atoms. The molecule has 0 aromatic heterocycles. The van der Waals surface area contributed by atoms with Crippen molar-refractivity contribution in [1.29, 1.82) is 0 Å². The average molecular weight is 158 g/mol. The van der Waals surface area contributed by atoms with Crippen molar-refractivity contribution in [2.75, 3.05) is 0 Å². The zero-order valence-electron chi connectivity index (χ0n) is 4.71. The van der Waals surface area contributed by atoms with E-state index in [1.54, 1.807) is 0 Å². The van der Waals surface area contributed by atoms with Gasteiger partial charge in [0.2, 0.25) is 0 Å². The van der Waals surface area contributed by atoms with Crippen LogP contribution in [0.1, 0.15) is 1.43 Å². The molecule has 0 amide bonds. The summed E-state index contributed by atoms with van der Waals surface area (Å²) in [6.45, 7) is 0. The molecule has 0 aromatic rings. The Kier molecular flexibility index (Phi) is 52.4. The summed E-state index contributed by atoms with van der Waals surface area (Å²) >= 11 is -2.61. The van der Waals surface area contributed by atoms with E-state index >= 15 is 0 Å². The molecule has 7 heteroatoms. The molecule has 0 aliphatic carbocycles. The van der Waals surface area contributed by atoms with Crippen LogP contribution in [0, 0.1) is 0 Å². The molecule has 0 aromatic carbocycles. The summed E-state index contributed by atoms with van der Waals surface area (Å²) in [5.74, 6) is 0. The first kappa shape index (κ1) is 23.4. The van der Waals surface area contributed by atoms with Gasteiger partial charge in [0.15, 0.2) is 0 Å². The van der Waals surface area contributed by atoms with E-state index in [9.17, 15) is 0 Å². The van der Waals surface area contributed by atoms with Crippen molar-refractivity contribution in [3.8, 4) is 0 Å². The van der Waals surface area contributed by atoms with E-state index in [-0.39, 0.29) is 63.8 Å². The summed E-state index contributed by atoms with van der Waals surface area (Å²) in [5, 5.41) is 0. The fourth-order valence-corrected chi connectivity index (χ4v) is 0. The molecule has 0 fully saturated rings. The zero-order chi connectivity index (χ0) is 3.58. The van der Waals surface area contributed by atoms with Crippen LogP contribution < -0.4 is 51.4 Å². The smallest absolute Gasteiger partial charge is 1.00 e. The molecule has 0 atom stereocenters. The Morgan fingerprint density at radius 2 is 1.29 bits per heavy atom. The molecule has 0 heterocycles. The van der Waals surface area contributed by atoms with E-state index in [0.717, 1.165) is 0 Å². The molecule has 6 N–H and O–H groups in total. The van der Waals surface area contributed by atoms with Crippen LogP contribution in [-0.2, 0) is 11.4 Å². The third kappa shape index (κ3) is 91.3. The fourth-order valence-electron chi connectivity index (χ4n) is 0. The third-order valence-electron chi connectivity index (χ3n) is 0. The van der Waals surface area contributed by atoms with Crippen LogP contribution in [0.2, 0.25) is 0 Å². The third-order valence-corrected chi connectivity index (χ3v) is 0. The molecule has 5 nitrogen and oxygen atoms in total. The Morgan fingerprint density at radius 1 is 1.29 bits per heavy atom. The van der Waals surface area contributed by atoms with E-state index < -0.39 is 11.4 Å². The molecule has 0 aliphatic rings. The Hall–Kier alpha value is 1.63. The quantitative estimate of drug-likeness (QED) is 0.271. The molecule has 0 rings (SSSR count). The summed E-state index contributed by atoms with van der Waals surface area (Å²) in [5.41, 5.74) is 0. The Morgan fingerprint density at radius 3 is 1.29 bits per heavy atom. The predicted octanol–water partition coefficient (Wildman–Crippen LogP) is -4.85. The zero-order valence-corrected chi connectivity index (χ0v) is 7.65. The van der Waals surface area contributed by atoms with Crippen molar-refractivity contribution in [3.63, 3.8) is 0 Å². The summed E-state index contributed by atoms with van der Waals surface area (Å²) in [6, 6.07) is 0. The van der Waals surface area contributed by atoms with Crippen molar-refractivity contribution in [3.05, 3.63) is 0 Å². The van der Waals surface area contributed by atoms with Crippen molar-refractivity contribution in [2.45, 2.75) is 0 Å². The van der Waals surface area contributed by atoms with Gasteiger partial charge in [-0.15, -0.1) is 0 Å². The number of rotatable bonds is 0. The van der Waals surface area contributed by atoms with E-state index in [1.165, 1.54) is 0 Å². The predicted molar refractivity (Wildman–Crippen MR) is 21.7 cm³/mol. The average Bonchev–Trinajstić information content (AvgIpc) is 0.811. The Labute approximate surface area is 87.1 Å². The van der Waals surface area contributed by atoms with Gasteiger partial charge in [-0.1, -0.05) is 0 Å².